The Morgan fingerprint density at radius 3 is 2.48 bits per heavy atom. The molecule has 2 rings (SSSR count). The van der Waals surface area contributed by atoms with Gasteiger partial charge in [0, 0.05) is 23.6 Å². The summed E-state index contributed by atoms with van der Waals surface area (Å²) in [6.07, 6.45) is 8.23. The van der Waals surface area contributed by atoms with Gasteiger partial charge in [0.2, 0.25) is 0 Å². The molecule has 0 saturated heterocycles. The van der Waals surface area contributed by atoms with E-state index in [2.05, 4.69) is 65.2 Å². The maximum absolute atomic E-state index is 3.78. The van der Waals surface area contributed by atoms with E-state index in [1.165, 1.54) is 54.2 Å². The van der Waals surface area contributed by atoms with Crippen LogP contribution in [-0.2, 0) is 0 Å². The average Bonchev–Trinajstić information content (AvgIpc) is 2.75. The molecule has 1 aromatic rings. The Labute approximate surface area is 138 Å². The zero-order valence-electron chi connectivity index (χ0n) is 13.7. The molecule has 118 valence electrons. The molecule has 3 heteroatoms. The molecule has 1 aliphatic rings. The molecule has 0 amide bonds. The molecule has 0 spiro atoms. The first-order valence-corrected chi connectivity index (χ1v) is 9.18. The molecule has 1 fully saturated rings. The molecule has 0 heterocycles. The lowest BCUT2D eigenvalue weighted by molar-refractivity contribution is 0.552. The fourth-order valence-corrected chi connectivity index (χ4v) is 4.02. The van der Waals surface area contributed by atoms with Crippen molar-refractivity contribution in [3.63, 3.8) is 0 Å². The van der Waals surface area contributed by atoms with E-state index in [-0.39, 0.29) is 0 Å². The van der Waals surface area contributed by atoms with Crippen LogP contribution >= 0.6 is 15.9 Å². The summed E-state index contributed by atoms with van der Waals surface area (Å²) in [6.45, 7) is 5.38. The number of halogens is 1. The highest BCUT2D eigenvalue weighted by Gasteiger charge is 2.19. The van der Waals surface area contributed by atoms with E-state index < -0.39 is 0 Å². The number of rotatable bonds is 5. The lowest BCUT2D eigenvalue weighted by atomic mass is 10.0. The van der Waals surface area contributed by atoms with Gasteiger partial charge >= 0.3 is 0 Å². The van der Waals surface area contributed by atoms with Crippen LogP contribution in [0.2, 0.25) is 0 Å². The molecule has 1 unspecified atom stereocenters. The Hall–Kier alpha value is -0.540. The quantitative estimate of drug-likeness (QED) is 0.725. The van der Waals surface area contributed by atoms with Crippen LogP contribution in [0, 0.1) is 0 Å². The summed E-state index contributed by atoms with van der Waals surface area (Å²) in [5, 5.41) is 3.47. The first-order valence-electron chi connectivity index (χ1n) is 8.39. The molecule has 1 atom stereocenters. The highest BCUT2D eigenvalue weighted by atomic mass is 79.9. The fourth-order valence-electron chi connectivity index (χ4n) is 3.34. The molecule has 0 aromatic heterocycles. The zero-order valence-corrected chi connectivity index (χ0v) is 15.2. The maximum Gasteiger partial charge on any atom is 0.0510 e. The van der Waals surface area contributed by atoms with Gasteiger partial charge in [-0.3, -0.25) is 0 Å². The Morgan fingerprint density at radius 1 is 1.24 bits per heavy atom. The summed E-state index contributed by atoms with van der Waals surface area (Å²) in [6, 6.07) is 7.92. The van der Waals surface area contributed by atoms with E-state index in [0.717, 1.165) is 6.54 Å². The monoisotopic (exact) mass is 352 g/mol. The second-order valence-electron chi connectivity index (χ2n) is 6.25. The second-order valence-corrected chi connectivity index (χ2v) is 7.10. The summed E-state index contributed by atoms with van der Waals surface area (Å²) in [7, 11) is 2.25. The minimum atomic E-state index is 0.406. The van der Waals surface area contributed by atoms with Gasteiger partial charge in [0.1, 0.15) is 0 Å². The van der Waals surface area contributed by atoms with Gasteiger partial charge in [-0.2, -0.15) is 0 Å². The van der Waals surface area contributed by atoms with E-state index in [1.54, 1.807) is 0 Å². The topological polar surface area (TPSA) is 15.3 Å². The van der Waals surface area contributed by atoms with Crippen LogP contribution in [0.1, 0.15) is 64.0 Å². The average molecular weight is 353 g/mol. The fraction of sp³-hybridized carbons (Fsp3) is 0.667. The van der Waals surface area contributed by atoms with Crippen molar-refractivity contribution < 1.29 is 0 Å². The van der Waals surface area contributed by atoms with Crippen molar-refractivity contribution in [2.75, 3.05) is 18.5 Å². The molecule has 2 nitrogen and oxygen atoms in total. The summed E-state index contributed by atoms with van der Waals surface area (Å²) in [5.74, 6) is 0. The Balaban J connectivity index is 2.11. The summed E-state index contributed by atoms with van der Waals surface area (Å²) in [4.78, 5) is 2.48. The Bertz CT molecular complexity index is 439. The van der Waals surface area contributed by atoms with Gasteiger partial charge in [0.15, 0.2) is 0 Å². The molecule has 21 heavy (non-hydrogen) atoms. The van der Waals surface area contributed by atoms with Crippen LogP contribution < -0.4 is 10.2 Å². The SMILES string of the molecule is CCNC(C)c1ccc(N(C)C2CCCCCC2)c(Br)c1. The standard InChI is InChI=1S/C18H29BrN2/c1-4-20-14(2)15-11-12-18(17(19)13-15)21(3)16-9-7-5-6-8-10-16/h11-14,16,20H,4-10H2,1-3H3. The number of nitrogens with zero attached hydrogens (tertiary/aromatic N) is 1. The predicted octanol–water partition coefficient (Wildman–Crippen LogP) is 5.28. The zero-order chi connectivity index (χ0) is 15.2. The molecule has 1 N–H and O–H groups in total. The van der Waals surface area contributed by atoms with Crippen LogP contribution in [0.3, 0.4) is 0 Å². The first kappa shape index (κ1) is 16.8. The number of benzene rings is 1. The first-order chi connectivity index (χ1) is 10.1. The molecular formula is C18H29BrN2. The van der Waals surface area contributed by atoms with Crippen LogP contribution in [0.4, 0.5) is 5.69 Å². The summed E-state index contributed by atoms with van der Waals surface area (Å²) in [5.41, 5.74) is 2.68. The van der Waals surface area contributed by atoms with Crippen molar-refractivity contribution in [2.45, 2.75) is 64.5 Å². The Morgan fingerprint density at radius 2 is 1.90 bits per heavy atom. The minimum absolute atomic E-state index is 0.406. The van der Waals surface area contributed by atoms with Crippen LogP contribution in [0.15, 0.2) is 22.7 Å². The molecule has 1 saturated carbocycles. The van der Waals surface area contributed by atoms with Crippen LogP contribution in [-0.4, -0.2) is 19.6 Å². The maximum atomic E-state index is 3.78. The van der Waals surface area contributed by atoms with Gasteiger partial charge in [-0.15, -0.1) is 0 Å². The van der Waals surface area contributed by atoms with Crippen molar-refractivity contribution in [1.29, 1.82) is 0 Å². The Kier molecular flexibility index (Phi) is 6.56. The molecule has 1 aliphatic carbocycles. The van der Waals surface area contributed by atoms with Gasteiger partial charge in [-0.25, -0.2) is 0 Å². The molecular weight excluding hydrogens is 324 g/mol. The van der Waals surface area contributed by atoms with E-state index in [4.69, 9.17) is 0 Å². The van der Waals surface area contributed by atoms with E-state index in [0.29, 0.717) is 12.1 Å². The predicted molar refractivity (Wildman–Crippen MR) is 96.1 cm³/mol. The van der Waals surface area contributed by atoms with Gasteiger partial charge in [-0.05, 0) is 59.9 Å². The number of hydrogen-bond acceptors (Lipinski definition) is 2. The highest BCUT2D eigenvalue weighted by molar-refractivity contribution is 9.10. The number of nitrogens with one attached hydrogen (secondary N) is 1. The molecule has 0 aliphatic heterocycles. The molecule has 0 radical (unpaired) electrons. The normalized spacial score (nSPS) is 18.3. The largest absolute Gasteiger partial charge is 0.371 e. The van der Waals surface area contributed by atoms with Crippen molar-refractivity contribution in [1.82, 2.24) is 5.32 Å². The van der Waals surface area contributed by atoms with Crippen LogP contribution in [0.5, 0.6) is 0 Å². The smallest absolute Gasteiger partial charge is 0.0510 e. The number of anilines is 1. The molecule has 1 aromatic carbocycles. The van der Waals surface area contributed by atoms with Gasteiger partial charge < -0.3 is 10.2 Å². The third kappa shape index (κ3) is 4.46. The van der Waals surface area contributed by atoms with E-state index in [9.17, 15) is 0 Å². The van der Waals surface area contributed by atoms with Crippen molar-refractivity contribution >= 4 is 21.6 Å². The van der Waals surface area contributed by atoms with Crippen molar-refractivity contribution in [3.8, 4) is 0 Å². The lowest BCUT2D eigenvalue weighted by Gasteiger charge is -2.30. The lowest BCUT2D eigenvalue weighted by Crippen LogP contribution is -2.31. The molecule has 0 bridgehead atoms. The van der Waals surface area contributed by atoms with Crippen molar-refractivity contribution in [3.05, 3.63) is 28.2 Å². The summed E-state index contributed by atoms with van der Waals surface area (Å²) >= 11 is 3.78. The number of hydrogen-bond donors (Lipinski definition) is 1. The van der Waals surface area contributed by atoms with Crippen molar-refractivity contribution in [2.24, 2.45) is 0 Å². The van der Waals surface area contributed by atoms with Crippen LogP contribution in [0.25, 0.3) is 0 Å². The van der Waals surface area contributed by atoms with E-state index >= 15 is 0 Å². The second kappa shape index (κ2) is 8.19. The third-order valence-electron chi connectivity index (χ3n) is 4.73. The minimum Gasteiger partial charge on any atom is -0.371 e. The van der Waals surface area contributed by atoms with Gasteiger partial charge in [-0.1, -0.05) is 38.7 Å². The highest BCUT2D eigenvalue weighted by Crippen LogP contribution is 2.32. The summed E-state index contributed by atoms with van der Waals surface area (Å²) < 4.78 is 1.22. The van der Waals surface area contributed by atoms with Gasteiger partial charge in [0.05, 0.1) is 5.69 Å². The van der Waals surface area contributed by atoms with E-state index in [1.807, 2.05) is 0 Å². The third-order valence-corrected chi connectivity index (χ3v) is 5.37. The van der Waals surface area contributed by atoms with Gasteiger partial charge in [0.25, 0.3) is 0 Å².